The number of carbonyl (C=O) groups excluding carboxylic acids is 2. The highest BCUT2D eigenvalue weighted by Gasteiger charge is 2.32. The molecule has 0 spiro atoms. The first kappa shape index (κ1) is 28.3. The third-order valence-corrected chi connectivity index (χ3v) is 7.39. The first-order chi connectivity index (χ1) is 16.5. The van der Waals surface area contributed by atoms with Crippen molar-refractivity contribution in [2.75, 3.05) is 31.5 Å². The number of hydrogen-bond donors (Lipinski definition) is 1. The standard InChI is InChI=1S/C25H35FN4O4S/c1-6-7-15-27-25(32)20(3)29(17-21-10-8-9-19(2)16-21)24(31)18-30(35(33,34)28(4)5)23-13-11-22(26)12-14-23/h8-14,16,20H,6-7,15,17-18H2,1-5H3,(H,27,32)/t20-/m1/s1. The molecule has 0 saturated carbocycles. The number of carbonyl (C=O) groups is 2. The van der Waals surface area contributed by atoms with Crippen molar-refractivity contribution in [3.05, 3.63) is 65.5 Å². The lowest BCUT2D eigenvalue weighted by Gasteiger charge is -2.33. The van der Waals surface area contributed by atoms with Crippen LogP contribution in [0.25, 0.3) is 0 Å². The fraction of sp³-hybridized carbons (Fsp3) is 0.440. The minimum absolute atomic E-state index is 0.127. The quantitative estimate of drug-likeness (QED) is 0.448. The van der Waals surface area contributed by atoms with Gasteiger partial charge < -0.3 is 10.2 Å². The van der Waals surface area contributed by atoms with Crippen LogP contribution in [0.15, 0.2) is 48.5 Å². The Morgan fingerprint density at radius 1 is 1.09 bits per heavy atom. The van der Waals surface area contributed by atoms with Crippen LogP contribution < -0.4 is 9.62 Å². The summed E-state index contributed by atoms with van der Waals surface area (Å²) in [5.41, 5.74) is 1.96. The van der Waals surface area contributed by atoms with Gasteiger partial charge in [-0.2, -0.15) is 12.7 Å². The molecule has 0 unspecified atom stereocenters. The van der Waals surface area contributed by atoms with E-state index in [0.29, 0.717) is 6.54 Å². The molecule has 2 aromatic rings. The summed E-state index contributed by atoms with van der Waals surface area (Å²) >= 11 is 0. The van der Waals surface area contributed by atoms with Crippen molar-refractivity contribution in [3.63, 3.8) is 0 Å². The fourth-order valence-corrected chi connectivity index (χ4v) is 4.51. The van der Waals surface area contributed by atoms with Gasteiger partial charge in [0.05, 0.1) is 5.69 Å². The number of aryl methyl sites for hydroxylation is 1. The molecule has 0 aliphatic carbocycles. The van der Waals surface area contributed by atoms with Crippen molar-refractivity contribution in [3.8, 4) is 0 Å². The van der Waals surface area contributed by atoms with Gasteiger partial charge in [0.1, 0.15) is 18.4 Å². The van der Waals surface area contributed by atoms with Crippen LogP contribution >= 0.6 is 0 Å². The average Bonchev–Trinajstić information content (AvgIpc) is 2.81. The predicted octanol–water partition coefficient (Wildman–Crippen LogP) is 3.08. The highest BCUT2D eigenvalue weighted by molar-refractivity contribution is 7.90. The second-order valence-electron chi connectivity index (χ2n) is 8.60. The zero-order valence-corrected chi connectivity index (χ0v) is 21.8. The van der Waals surface area contributed by atoms with E-state index < -0.39 is 34.5 Å². The lowest BCUT2D eigenvalue weighted by Crippen LogP contribution is -2.52. The third kappa shape index (κ3) is 7.76. The summed E-state index contributed by atoms with van der Waals surface area (Å²) in [6, 6.07) is 11.6. The number of nitrogens with one attached hydrogen (secondary N) is 1. The number of hydrogen-bond acceptors (Lipinski definition) is 4. The van der Waals surface area contributed by atoms with Crippen LogP contribution in [0.5, 0.6) is 0 Å². The second kappa shape index (κ2) is 12.6. The Balaban J connectivity index is 2.40. The van der Waals surface area contributed by atoms with E-state index in [1.165, 1.54) is 31.1 Å². The molecule has 2 rings (SSSR count). The Kier molecular flexibility index (Phi) is 10.2. The van der Waals surface area contributed by atoms with E-state index in [9.17, 15) is 22.4 Å². The Hall–Kier alpha value is -2.98. The van der Waals surface area contributed by atoms with Crippen LogP contribution in [0.2, 0.25) is 0 Å². The maximum Gasteiger partial charge on any atom is 0.304 e. The van der Waals surface area contributed by atoms with Crippen LogP contribution in [-0.2, 0) is 26.3 Å². The summed E-state index contributed by atoms with van der Waals surface area (Å²) in [5.74, 6) is -1.40. The van der Waals surface area contributed by atoms with Gasteiger partial charge in [0, 0.05) is 27.2 Å². The molecule has 0 radical (unpaired) electrons. The summed E-state index contributed by atoms with van der Waals surface area (Å²) in [7, 11) is -1.38. The lowest BCUT2D eigenvalue weighted by atomic mass is 10.1. The Labute approximate surface area is 207 Å². The topological polar surface area (TPSA) is 90.0 Å². The summed E-state index contributed by atoms with van der Waals surface area (Å²) in [6.45, 7) is 5.63. The van der Waals surface area contributed by atoms with Gasteiger partial charge in [0.25, 0.3) is 0 Å². The minimum Gasteiger partial charge on any atom is -0.354 e. The summed E-state index contributed by atoms with van der Waals surface area (Å²) in [4.78, 5) is 27.8. The highest BCUT2D eigenvalue weighted by atomic mass is 32.2. The zero-order valence-electron chi connectivity index (χ0n) is 21.0. The summed E-state index contributed by atoms with van der Waals surface area (Å²) < 4.78 is 41.5. The molecule has 192 valence electrons. The van der Waals surface area contributed by atoms with Gasteiger partial charge in [-0.25, -0.2) is 8.70 Å². The summed E-state index contributed by atoms with van der Waals surface area (Å²) in [5, 5.41) is 2.84. The SMILES string of the molecule is CCCCNC(=O)[C@@H](C)N(Cc1cccc(C)c1)C(=O)CN(c1ccc(F)cc1)S(=O)(=O)N(C)C. The van der Waals surface area contributed by atoms with Gasteiger partial charge in [-0.1, -0.05) is 43.2 Å². The number of rotatable bonds is 12. The number of unbranched alkanes of at least 4 members (excludes halogenated alkanes) is 1. The molecule has 0 aliphatic heterocycles. The second-order valence-corrected chi connectivity index (χ2v) is 10.7. The van der Waals surface area contributed by atoms with Crippen molar-refractivity contribution in [2.24, 2.45) is 0 Å². The molecule has 10 heteroatoms. The van der Waals surface area contributed by atoms with E-state index in [1.807, 2.05) is 38.1 Å². The molecule has 0 fully saturated rings. The predicted molar refractivity (Wildman–Crippen MR) is 135 cm³/mol. The van der Waals surface area contributed by atoms with Gasteiger partial charge in [-0.05, 0) is 50.1 Å². The molecule has 8 nitrogen and oxygen atoms in total. The van der Waals surface area contributed by atoms with Crippen LogP contribution in [0.1, 0.15) is 37.8 Å². The Bertz CT molecular complexity index is 1110. The van der Waals surface area contributed by atoms with Crippen LogP contribution in [-0.4, -0.2) is 62.7 Å². The van der Waals surface area contributed by atoms with Crippen molar-refractivity contribution >= 4 is 27.7 Å². The molecule has 35 heavy (non-hydrogen) atoms. The van der Waals surface area contributed by atoms with Crippen LogP contribution in [0.4, 0.5) is 10.1 Å². The smallest absolute Gasteiger partial charge is 0.304 e. The van der Waals surface area contributed by atoms with E-state index in [4.69, 9.17) is 0 Å². The van der Waals surface area contributed by atoms with E-state index in [1.54, 1.807) is 6.92 Å². The lowest BCUT2D eigenvalue weighted by molar-refractivity contribution is -0.139. The molecule has 2 amide bonds. The molecular weight excluding hydrogens is 471 g/mol. The highest BCUT2D eigenvalue weighted by Crippen LogP contribution is 2.21. The molecular formula is C25H35FN4O4S. The number of anilines is 1. The largest absolute Gasteiger partial charge is 0.354 e. The minimum atomic E-state index is -4.08. The normalized spacial score (nSPS) is 12.3. The maximum atomic E-state index is 13.6. The molecule has 0 aromatic heterocycles. The molecule has 0 aliphatic rings. The molecule has 2 aromatic carbocycles. The molecule has 1 atom stereocenters. The summed E-state index contributed by atoms with van der Waals surface area (Å²) in [6.07, 6.45) is 1.72. The van der Waals surface area contributed by atoms with Crippen LogP contribution in [0.3, 0.4) is 0 Å². The van der Waals surface area contributed by atoms with Crippen molar-refractivity contribution in [1.29, 1.82) is 0 Å². The fourth-order valence-electron chi connectivity index (χ4n) is 3.45. The zero-order chi connectivity index (χ0) is 26.2. The number of amides is 2. The molecule has 0 heterocycles. The first-order valence-electron chi connectivity index (χ1n) is 11.6. The van der Waals surface area contributed by atoms with E-state index in [-0.39, 0.29) is 18.1 Å². The molecule has 1 N–H and O–H groups in total. The van der Waals surface area contributed by atoms with E-state index in [2.05, 4.69) is 5.32 Å². The van der Waals surface area contributed by atoms with Crippen molar-refractivity contribution in [1.82, 2.24) is 14.5 Å². The number of halogens is 1. The Morgan fingerprint density at radius 3 is 2.31 bits per heavy atom. The Morgan fingerprint density at radius 2 is 1.74 bits per heavy atom. The van der Waals surface area contributed by atoms with Gasteiger partial charge in [-0.3, -0.25) is 9.59 Å². The van der Waals surface area contributed by atoms with Gasteiger partial charge in [0.15, 0.2) is 0 Å². The van der Waals surface area contributed by atoms with E-state index in [0.717, 1.165) is 44.7 Å². The average molecular weight is 507 g/mol. The molecule has 0 bridgehead atoms. The maximum absolute atomic E-state index is 13.6. The monoisotopic (exact) mass is 506 g/mol. The van der Waals surface area contributed by atoms with Crippen molar-refractivity contribution < 1.29 is 22.4 Å². The molecule has 0 saturated heterocycles. The van der Waals surface area contributed by atoms with E-state index >= 15 is 0 Å². The van der Waals surface area contributed by atoms with Crippen molar-refractivity contribution in [2.45, 2.75) is 46.2 Å². The van der Waals surface area contributed by atoms with Gasteiger partial charge >= 0.3 is 10.2 Å². The van der Waals surface area contributed by atoms with Gasteiger partial charge in [-0.15, -0.1) is 0 Å². The number of benzene rings is 2. The third-order valence-electron chi connectivity index (χ3n) is 5.57. The van der Waals surface area contributed by atoms with Gasteiger partial charge in [0.2, 0.25) is 11.8 Å². The number of nitrogens with zero attached hydrogens (tertiary/aromatic N) is 3. The van der Waals surface area contributed by atoms with Crippen LogP contribution in [0, 0.1) is 12.7 Å². The first-order valence-corrected chi connectivity index (χ1v) is 13.0.